The number of aliphatic imine (C=N–C) groups is 1. The van der Waals surface area contributed by atoms with Gasteiger partial charge in [0.2, 0.25) is 0 Å². The van der Waals surface area contributed by atoms with Gasteiger partial charge in [0.1, 0.15) is 18.8 Å². The van der Waals surface area contributed by atoms with Crippen LogP contribution < -0.4 is 0 Å². The second kappa shape index (κ2) is 9.01. The third-order valence-electron chi connectivity index (χ3n) is 12.0. The average molecular weight is 502 g/mol. The first-order chi connectivity index (χ1) is 17.0. The Morgan fingerprint density at radius 2 is 1.75 bits per heavy atom. The summed E-state index contributed by atoms with van der Waals surface area (Å²) in [5.74, 6) is 3.63. The molecule has 0 aromatic carbocycles. The molecule has 0 radical (unpaired) electrons. The Balaban J connectivity index is 1.59. The molecule has 4 unspecified atom stereocenters. The van der Waals surface area contributed by atoms with Crippen molar-refractivity contribution < 1.29 is 23.8 Å². The molecule has 5 rings (SSSR count). The summed E-state index contributed by atoms with van der Waals surface area (Å²) in [6, 6.07) is 0. The number of hydrogen-bond acceptors (Lipinski definition) is 6. The predicted molar refractivity (Wildman–Crippen MR) is 138 cm³/mol. The van der Waals surface area contributed by atoms with Crippen LogP contribution >= 0.6 is 0 Å². The van der Waals surface area contributed by atoms with E-state index in [1.54, 1.807) is 0 Å². The van der Waals surface area contributed by atoms with E-state index in [-0.39, 0.29) is 23.2 Å². The van der Waals surface area contributed by atoms with Crippen molar-refractivity contribution in [2.24, 2.45) is 50.8 Å². The largest absolute Gasteiger partial charge is 0.478 e. The van der Waals surface area contributed by atoms with E-state index in [2.05, 4.69) is 41.5 Å². The van der Waals surface area contributed by atoms with Crippen LogP contribution in [-0.2, 0) is 23.8 Å². The summed E-state index contributed by atoms with van der Waals surface area (Å²) in [6.45, 7) is 15.8. The molecule has 6 nitrogen and oxygen atoms in total. The lowest BCUT2D eigenvalue weighted by Crippen LogP contribution is -2.66. The molecule has 5 aliphatic rings. The van der Waals surface area contributed by atoms with Gasteiger partial charge in [0, 0.05) is 5.92 Å². The maximum absolute atomic E-state index is 11.9. The molecule has 0 bridgehead atoms. The summed E-state index contributed by atoms with van der Waals surface area (Å²) in [7, 11) is 0. The number of carbonyl (C=O) groups excluding carboxylic acids is 2. The molecule has 0 spiro atoms. The number of carbonyl (C=O) groups is 2. The quantitative estimate of drug-likeness (QED) is 0.402. The molecule has 202 valence electrons. The highest BCUT2D eigenvalue weighted by molar-refractivity contribution is 5.86. The van der Waals surface area contributed by atoms with E-state index in [1.807, 2.05) is 0 Å². The zero-order chi connectivity index (χ0) is 25.9. The molecular weight excluding hydrogens is 454 g/mol. The molecule has 1 aliphatic heterocycles. The maximum Gasteiger partial charge on any atom is 0.293 e. The first-order valence-electron chi connectivity index (χ1n) is 14.5. The van der Waals surface area contributed by atoms with E-state index in [0.717, 1.165) is 37.0 Å². The normalized spacial score (nSPS) is 47.9. The zero-order valence-electron chi connectivity index (χ0n) is 23.3. The Morgan fingerprint density at radius 3 is 2.39 bits per heavy atom. The number of fused-ring (bicyclic) bond motifs is 5. The van der Waals surface area contributed by atoms with Crippen molar-refractivity contribution in [1.29, 1.82) is 0 Å². The van der Waals surface area contributed by atoms with Gasteiger partial charge in [-0.05, 0) is 99.7 Å². The highest BCUT2D eigenvalue weighted by atomic mass is 16.5. The van der Waals surface area contributed by atoms with Gasteiger partial charge in [0.05, 0.1) is 11.0 Å². The SMILES string of the molecule is CC[C@@H](C)[C@H]1CCC2C3C(CC[C@@]21C)[C@@]1(C)CC[C@@H](OC=O)CC1(C1=NC(C)(C)CO1)C[C@H]3OC=O. The van der Waals surface area contributed by atoms with Crippen LogP contribution in [-0.4, -0.2) is 43.2 Å². The minimum atomic E-state index is -0.399. The average Bonchev–Trinajstić information content (AvgIpc) is 3.38. The van der Waals surface area contributed by atoms with E-state index < -0.39 is 5.41 Å². The molecule has 4 fully saturated rings. The van der Waals surface area contributed by atoms with Crippen LogP contribution in [0, 0.1) is 45.8 Å². The Hall–Kier alpha value is -1.59. The Labute approximate surface area is 217 Å². The zero-order valence-corrected chi connectivity index (χ0v) is 23.3. The first kappa shape index (κ1) is 26.0. The van der Waals surface area contributed by atoms with Crippen LogP contribution in [0.2, 0.25) is 0 Å². The third-order valence-corrected chi connectivity index (χ3v) is 12.0. The highest BCUT2D eigenvalue weighted by Gasteiger charge is 2.70. The summed E-state index contributed by atoms with van der Waals surface area (Å²) in [5.41, 5.74) is -0.414. The van der Waals surface area contributed by atoms with Crippen molar-refractivity contribution >= 4 is 18.8 Å². The second-order valence-electron chi connectivity index (χ2n) is 14.0. The minimum absolute atomic E-state index is 0.0435. The minimum Gasteiger partial charge on any atom is -0.478 e. The summed E-state index contributed by atoms with van der Waals surface area (Å²) < 4.78 is 18.0. The van der Waals surface area contributed by atoms with Gasteiger partial charge in [0.25, 0.3) is 12.9 Å². The van der Waals surface area contributed by atoms with Crippen molar-refractivity contribution in [3.63, 3.8) is 0 Å². The van der Waals surface area contributed by atoms with Gasteiger partial charge in [0.15, 0.2) is 5.90 Å². The van der Waals surface area contributed by atoms with Crippen LogP contribution in [0.5, 0.6) is 0 Å². The number of rotatable bonds is 7. The monoisotopic (exact) mass is 501 g/mol. The lowest BCUT2D eigenvalue weighted by atomic mass is 9.39. The Kier molecular flexibility index (Phi) is 6.52. The first-order valence-corrected chi connectivity index (χ1v) is 14.5. The molecule has 0 amide bonds. The molecule has 0 N–H and O–H groups in total. The lowest BCUT2D eigenvalue weighted by molar-refractivity contribution is -0.207. The van der Waals surface area contributed by atoms with Crippen molar-refractivity contribution in [2.45, 2.75) is 117 Å². The standard InChI is InChI=1S/C30H47NO5/c1-7-19(2)21-8-9-22-25-23(11-12-28(21,22)5)29(6)13-10-20(35-17-32)14-30(29,15-24(25)36-18-33)26-31-27(3,4)16-34-26/h17-25H,7-16H2,1-6H3/t19-,20-,21-,22?,23?,24-,25?,28-,29-,30?/m1/s1. The lowest BCUT2D eigenvalue weighted by Gasteiger charge is -2.66. The molecule has 4 saturated carbocycles. The van der Waals surface area contributed by atoms with Crippen molar-refractivity contribution in [3.05, 3.63) is 0 Å². The van der Waals surface area contributed by atoms with E-state index in [0.29, 0.717) is 55.6 Å². The summed E-state index contributed by atoms with van der Waals surface area (Å²) in [4.78, 5) is 28.4. The van der Waals surface area contributed by atoms with Gasteiger partial charge < -0.3 is 14.2 Å². The molecule has 4 aliphatic carbocycles. The van der Waals surface area contributed by atoms with Crippen LogP contribution in [0.25, 0.3) is 0 Å². The van der Waals surface area contributed by atoms with Crippen LogP contribution in [0.4, 0.5) is 0 Å². The van der Waals surface area contributed by atoms with Gasteiger partial charge in [-0.25, -0.2) is 4.99 Å². The van der Waals surface area contributed by atoms with Crippen LogP contribution in [0.15, 0.2) is 4.99 Å². The smallest absolute Gasteiger partial charge is 0.293 e. The fourth-order valence-corrected chi connectivity index (χ4v) is 10.1. The highest BCUT2D eigenvalue weighted by Crippen LogP contribution is 2.72. The van der Waals surface area contributed by atoms with Crippen molar-refractivity contribution in [1.82, 2.24) is 0 Å². The molecule has 10 atom stereocenters. The summed E-state index contributed by atoms with van der Waals surface area (Å²) in [5, 5.41) is 0. The van der Waals surface area contributed by atoms with Gasteiger partial charge in [-0.2, -0.15) is 0 Å². The van der Waals surface area contributed by atoms with E-state index in [4.69, 9.17) is 19.2 Å². The number of nitrogens with zero attached hydrogens (tertiary/aromatic N) is 1. The molecule has 6 heteroatoms. The van der Waals surface area contributed by atoms with E-state index >= 15 is 0 Å². The fraction of sp³-hybridized carbons (Fsp3) is 0.900. The fourth-order valence-electron chi connectivity index (χ4n) is 10.1. The summed E-state index contributed by atoms with van der Waals surface area (Å²) in [6.07, 6.45) is 9.05. The van der Waals surface area contributed by atoms with Gasteiger partial charge in [-0.15, -0.1) is 0 Å². The van der Waals surface area contributed by atoms with E-state index in [1.165, 1.54) is 25.7 Å². The maximum atomic E-state index is 11.9. The van der Waals surface area contributed by atoms with Crippen molar-refractivity contribution in [3.8, 4) is 0 Å². The Morgan fingerprint density at radius 1 is 1.00 bits per heavy atom. The Bertz CT molecular complexity index is 902. The molecule has 0 aromatic rings. The predicted octanol–water partition coefficient (Wildman–Crippen LogP) is 5.96. The second-order valence-corrected chi connectivity index (χ2v) is 14.0. The van der Waals surface area contributed by atoms with Gasteiger partial charge >= 0.3 is 0 Å². The van der Waals surface area contributed by atoms with Gasteiger partial charge in [-0.1, -0.05) is 34.1 Å². The summed E-state index contributed by atoms with van der Waals surface area (Å²) >= 11 is 0. The van der Waals surface area contributed by atoms with Crippen LogP contribution in [0.3, 0.4) is 0 Å². The van der Waals surface area contributed by atoms with Crippen LogP contribution in [0.1, 0.15) is 99.3 Å². The number of ether oxygens (including phenoxy) is 3. The number of hydrogen-bond donors (Lipinski definition) is 0. The molecule has 36 heavy (non-hydrogen) atoms. The topological polar surface area (TPSA) is 74.2 Å². The van der Waals surface area contributed by atoms with E-state index in [9.17, 15) is 9.59 Å². The third kappa shape index (κ3) is 3.66. The molecule has 0 saturated heterocycles. The molecule has 0 aromatic heterocycles. The van der Waals surface area contributed by atoms with Gasteiger partial charge in [-0.3, -0.25) is 9.59 Å². The van der Waals surface area contributed by atoms with Crippen molar-refractivity contribution in [2.75, 3.05) is 6.61 Å². The molecule has 1 heterocycles. The molecular formula is C30H47NO5.